The van der Waals surface area contributed by atoms with Crippen molar-refractivity contribution in [1.82, 2.24) is 4.90 Å². The van der Waals surface area contributed by atoms with Gasteiger partial charge in [0.15, 0.2) is 0 Å². The highest BCUT2D eigenvalue weighted by molar-refractivity contribution is 9.10. The van der Waals surface area contributed by atoms with Crippen molar-refractivity contribution < 1.29 is 39.5 Å². The molecule has 2 aromatic carbocycles. The molecule has 1 aliphatic heterocycles. The van der Waals surface area contributed by atoms with Crippen LogP contribution in [0.3, 0.4) is 0 Å². The smallest absolute Gasteiger partial charge is 0.303 e. The number of ether oxygens (including phenoxy) is 1. The molecule has 2 amide bonds. The number of carbonyl (C=O) groups is 3. The van der Waals surface area contributed by atoms with E-state index in [0.29, 0.717) is 54.6 Å². The lowest BCUT2D eigenvalue weighted by Crippen LogP contribution is -2.40. The van der Waals surface area contributed by atoms with Gasteiger partial charge in [0.2, 0.25) is 11.8 Å². The van der Waals surface area contributed by atoms with Crippen LogP contribution in [-0.4, -0.2) is 69.0 Å². The fourth-order valence-electron chi connectivity index (χ4n) is 6.72. The number of unbranched alkanes of at least 4 members (excludes halogenated alkanes) is 2. The number of carbonyl (C=O) groups excluding carboxylic acids is 2. The third-order valence-corrected chi connectivity index (χ3v) is 9.41. The molecule has 4 atom stereocenters. The molecule has 4 rings (SSSR count). The molecule has 0 saturated carbocycles. The average molecular weight is 699 g/mol. The summed E-state index contributed by atoms with van der Waals surface area (Å²) in [7, 11) is 0. The minimum absolute atomic E-state index is 0.0366. The average Bonchev–Trinajstić information content (AvgIpc) is 3.28. The van der Waals surface area contributed by atoms with E-state index in [1.165, 1.54) is 4.90 Å². The highest BCUT2D eigenvalue weighted by atomic mass is 79.9. The van der Waals surface area contributed by atoms with Crippen LogP contribution in [0, 0.1) is 17.8 Å². The molecule has 1 fully saturated rings. The van der Waals surface area contributed by atoms with Crippen LogP contribution in [0.15, 0.2) is 69.7 Å². The monoisotopic (exact) mass is 697 g/mol. The number of amides is 2. The molecule has 248 valence electrons. The second-order valence-corrected chi connectivity index (χ2v) is 13.0. The molecule has 2 aromatic rings. The molecule has 0 spiro atoms. The first-order chi connectivity index (χ1) is 22.1. The number of fused-ring (bicyclic) bond motifs is 1. The number of aliphatic carboxylic acids is 1. The second kappa shape index (κ2) is 16.9. The summed E-state index contributed by atoms with van der Waals surface area (Å²) in [6, 6.07) is 14.5. The lowest BCUT2D eigenvalue weighted by atomic mass is 9.68. The van der Waals surface area contributed by atoms with E-state index in [-0.39, 0.29) is 43.6 Å². The Morgan fingerprint density at radius 1 is 1.07 bits per heavy atom. The molecular formula is C36H44BrNO8. The summed E-state index contributed by atoms with van der Waals surface area (Å²) in [5, 5.41) is 41.7. The van der Waals surface area contributed by atoms with Gasteiger partial charge in [-0.05, 0) is 80.0 Å². The van der Waals surface area contributed by atoms with Crippen molar-refractivity contribution in [3.8, 4) is 11.5 Å². The van der Waals surface area contributed by atoms with E-state index in [1.807, 2.05) is 42.5 Å². The van der Waals surface area contributed by atoms with Crippen LogP contribution in [0.5, 0.6) is 11.5 Å². The number of carboxylic acids is 1. The normalized spacial score (nSPS) is 20.7. The van der Waals surface area contributed by atoms with Gasteiger partial charge in [-0.1, -0.05) is 65.5 Å². The van der Waals surface area contributed by atoms with Gasteiger partial charge >= 0.3 is 5.97 Å². The lowest BCUT2D eigenvalue weighted by molar-refractivity contribution is -0.141. The van der Waals surface area contributed by atoms with Crippen LogP contribution < -0.4 is 4.74 Å². The van der Waals surface area contributed by atoms with Crippen molar-refractivity contribution in [2.45, 2.75) is 70.8 Å². The Labute approximate surface area is 278 Å². The van der Waals surface area contributed by atoms with E-state index in [0.717, 1.165) is 22.9 Å². The van der Waals surface area contributed by atoms with Gasteiger partial charge in [-0.3, -0.25) is 19.3 Å². The number of allylic oxidation sites excluding steroid dienone is 1. The van der Waals surface area contributed by atoms with E-state index >= 15 is 0 Å². The van der Waals surface area contributed by atoms with Crippen LogP contribution in [0.2, 0.25) is 0 Å². The third kappa shape index (κ3) is 8.86. The zero-order valence-electron chi connectivity index (χ0n) is 26.2. The number of imide groups is 1. The van der Waals surface area contributed by atoms with E-state index < -0.39 is 36.4 Å². The maximum absolute atomic E-state index is 13.7. The summed E-state index contributed by atoms with van der Waals surface area (Å²) in [5.41, 5.74) is 3.00. The first kappa shape index (κ1) is 35.4. The minimum Gasteiger partial charge on any atom is -0.507 e. The van der Waals surface area contributed by atoms with E-state index in [4.69, 9.17) is 9.84 Å². The van der Waals surface area contributed by atoms with E-state index in [9.17, 15) is 29.7 Å². The number of aromatic hydroxyl groups is 1. The molecule has 46 heavy (non-hydrogen) atoms. The summed E-state index contributed by atoms with van der Waals surface area (Å²) in [6.07, 6.45) is 5.27. The van der Waals surface area contributed by atoms with Crippen molar-refractivity contribution >= 4 is 39.8 Å². The Kier molecular flexibility index (Phi) is 13.0. The number of hydrogen-bond donors (Lipinski definition) is 4. The topological polar surface area (TPSA) is 145 Å². The van der Waals surface area contributed by atoms with Crippen molar-refractivity contribution in [3.05, 3.63) is 75.3 Å². The quantitative estimate of drug-likeness (QED) is 0.0880. The molecule has 0 unspecified atom stereocenters. The van der Waals surface area contributed by atoms with E-state index in [1.54, 1.807) is 12.1 Å². The largest absolute Gasteiger partial charge is 0.507 e. The van der Waals surface area contributed by atoms with Gasteiger partial charge in [0.25, 0.3) is 0 Å². The number of hydrogen-bond acceptors (Lipinski definition) is 7. The summed E-state index contributed by atoms with van der Waals surface area (Å²) in [6.45, 7) is 1.97. The van der Waals surface area contributed by atoms with Gasteiger partial charge < -0.3 is 25.2 Å². The SMILES string of the molecule is CCC/C(=C\c1cc(Br)ccc1O)CC[C@@H](O)C1=C(COc2ccccc2)C[C@H]2C(=O)N(CCCCCC(=O)O)C(=O)[C@H]2[C@H]1CO. The number of likely N-dealkylation sites (tertiary alicyclic amines) is 1. The molecule has 4 N–H and O–H groups in total. The van der Waals surface area contributed by atoms with Crippen LogP contribution in [0.4, 0.5) is 0 Å². The molecule has 0 aromatic heterocycles. The first-order valence-corrected chi connectivity index (χ1v) is 16.9. The van der Waals surface area contributed by atoms with Crippen LogP contribution in [0.1, 0.15) is 70.3 Å². The molecule has 0 radical (unpaired) electrons. The van der Waals surface area contributed by atoms with Crippen molar-refractivity contribution in [1.29, 1.82) is 0 Å². The number of nitrogens with zero attached hydrogens (tertiary/aromatic N) is 1. The Bertz CT molecular complexity index is 1440. The van der Waals surface area contributed by atoms with Gasteiger partial charge in [0, 0.05) is 28.9 Å². The molecule has 0 bridgehead atoms. The predicted molar refractivity (Wildman–Crippen MR) is 178 cm³/mol. The zero-order chi connectivity index (χ0) is 33.2. The lowest BCUT2D eigenvalue weighted by Gasteiger charge is -2.36. The number of rotatable bonds is 17. The molecule has 2 aliphatic rings. The van der Waals surface area contributed by atoms with Gasteiger partial charge in [-0.15, -0.1) is 0 Å². The molecule has 1 saturated heterocycles. The Hall–Kier alpha value is -3.47. The van der Waals surface area contributed by atoms with Crippen LogP contribution in [-0.2, 0) is 14.4 Å². The summed E-state index contributed by atoms with van der Waals surface area (Å²) >= 11 is 3.46. The number of para-hydroxylation sites is 1. The Morgan fingerprint density at radius 2 is 1.83 bits per heavy atom. The summed E-state index contributed by atoms with van der Waals surface area (Å²) in [5.74, 6) is -2.92. The summed E-state index contributed by atoms with van der Waals surface area (Å²) in [4.78, 5) is 39.4. The third-order valence-electron chi connectivity index (χ3n) is 8.92. The van der Waals surface area contributed by atoms with Crippen molar-refractivity contribution in [3.63, 3.8) is 0 Å². The Balaban J connectivity index is 1.58. The van der Waals surface area contributed by atoms with Crippen molar-refractivity contribution in [2.24, 2.45) is 17.8 Å². The maximum Gasteiger partial charge on any atom is 0.303 e. The molecule has 9 nitrogen and oxygen atoms in total. The number of phenols is 1. The number of aliphatic hydroxyl groups is 2. The molecular weight excluding hydrogens is 654 g/mol. The minimum atomic E-state index is -0.989. The highest BCUT2D eigenvalue weighted by Crippen LogP contribution is 2.46. The number of phenolic OH excluding ortho intramolecular Hbond substituents is 1. The predicted octanol–water partition coefficient (Wildman–Crippen LogP) is 6.11. The summed E-state index contributed by atoms with van der Waals surface area (Å²) < 4.78 is 6.92. The van der Waals surface area contributed by atoms with E-state index in [2.05, 4.69) is 22.9 Å². The van der Waals surface area contributed by atoms with Gasteiger partial charge in [-0.25, -0.2) is 0 Å². The van der Waals surface area contributed by atoms with Crippen molar-refractivity contribution in [2.75, 3.05) is 19.8 Å². The second-order valence-electron chi connectivity index (χ2n) is 12.1. The fourth-order valence-corrected chi connectivity index (χ4v) is 7.10. The maximum atomic E-state index is 13.7. The first-order valence-electron chi connectivity index (χ1n) is 16.1. The van der Waals surface area contributed by atoms with Crippen LogP contribution in [0.25, 0.3) is 6.08 Å². The van der Waals surface area contributed by atoms with Gasteiger partial charge in [0.1, 0.15) is 18.1 Å². The number of aliphatic hydroxyl groups excluding tert-OH is 2. The Morgan fingerprint density at radius 3 is 2.52 bits per heavy atom. The number of carboxylic acid groups (broad SMARTS) is 1. The fraction of sp³-hybridized carbons (Fsp3) is 0.472. The molecule has 1 heterocycles. The zero-order valence-corrected chi connectivity index (χ0v) is 27.8. The molecule has 10 heteroatoms. The van der Waals surface area contributed by atoms with Gasteiger partial charge in [-0.2, -0.15) is 0 Å². The highest BCUT2D eigenvalue weighted by Gasteiger charge is 2.54. The number of halogens is 1. The van der Waals surface area contributed by atoms with Crippen LogP contribution >= 0.6 is 15.9 Å². The molecule has 1 aliphatic carbocycles. The standard InChI is InChI=1S/C36H44BrNO8/c1-2-9-23(18-24-19-26(37)14-16-30(24)40)13-15-31(41)33-25(22-46-27-10-5-3-6-11-27)20-28-34(29(33)21-39)36(45)38(35(28)44)17-8-4-7-12-32(42)43/h3,5-6,10-11,14,16,18-19,28-29,31,34,39-41H,2,4,7-9,12-13,15,17,20-22H2,1H3,(H,42,43)/b23-18+/t28-,29+,31-,34-/m1/s1. The number of benzene rings is 2. The van der Waals surface area contributed by atoms with Gasteiger partial charge in [0.05, 0.1) is 24.5 Å².